The molecule has 0 spiro atoms. The number of rotatable bonds is 19. The van der Waals surface area contributed by atoms with Crippen LogP contribution in [0.5, 0.6) is 17.2 Å². The van der Waals surface area contributed by atoms with Crippen molar-refractivity contribution in [3.63, 3.8) is 0 Å². The molecule has 3 atom stereocenters. The number of aliphatic hydroxyl groups is 3. The Labute approximate surface area is 712 Å². The van der Waals surface area contributed by atoms with E-state index in [1.807, 2.05) is 27.7 Å². The van der Waals surface area contributed by atoms with E-state index in [1.165, 1.54) is 85.8 Å². The summed E-state index contributed by atoms with van der Waals surface area (Å²) in [5.74, 6) is -1.28. The standard InChI is InChI=1S/C18H26BrNO5.C14H18BrNO5.C9H10BrNO4.C9H8BrNO2.C8H5BrF3NO5S.C7H6BrNO3.C7H7NO3/c1-11-8-12(20(22)23)9-13(19)15(11)14(25-18(5,6)7)10-24-16(21)17(2,3)4;1-8-5-9(16(19)20)6-10(15)12(8)11(17)7-21-13(18)14(2,3)4;1-5-2-6(11(14)15)3-7(10)9(5)8(13)4-12;1-3-8-6(2)4-7(11(12)13)5-9(8)10;1-4-2-5(13(14)15)3-6(9)7(4)18-19(16,17)8(10,11)12;1-4-2-5(9(11)12)3-6(8)7(4)10;1-5-4-6(8(10)11)2-3-7(5)9/h8-9,14H,10H2,1-7H3;5-6,11,17H,7H2,1-4H3;2-3,8,12-13H,4H2,1H3;3-5H,1H2,2H3;2-3H,1H3;2-3,10H,1H3;2-4,9H,1H3/t14-;11-;8-;;;;/m111..../s1. The highest BCUT2D eigenvalue weighted by molar-refractivity contribution is 9.11. The molecule has 0 saturated carbocycles. The molecule has 7 rings (SSSR count). The Hall–Kier alpha value is -9.12. The summed E-state index contributed by atoms with van der Waals surface area (Å²) in [6.07, 6.45) is -0.948. The van der Waals surface area contributed by atoms with Gasteiger partial charge in [0.05, 0.1) is 66.4 Å². The van der Waals surface area contributed by atoms with Crippen molar-refractivity contribution in [2.75, 3.05) is 19.8 Å². The van der Waals surface area contributed by atoms with Crippen LogP contribution in [0, 0.1) is 130 Å². The van der Waals surface area contributed by atoms with E-state index in [4.69, 9.17) is 24.4 Å². The zero-order valence-corrected chi connectivity index (χ0v) is 74.8. The number of aromatic hydroxyl groups is 2. The van der Waals surface area contributed by atoms with Gasteiger partial charge in [-0.2, -0.15) is 21.6 Å². The van der Waals surface area contributed by atoms with Crippen LogP contribution in [0.25, 0.3) is 6.08 Å². The lowest BCUT2D eigenvalue weighted by molar-refractivity contribution is -0.385. The van der Waals surface area contributed by atoms with Crippen molar-refractivity contribution in [3.05, 3.63) is 256 Å². The van der Waals surface area contributed by atoms with Gasteiger partial charge in [0.2, 0.25) is 0 Å². The van der Waals surface area contributed by atoms with Gasteiger partial charge in [0, 0.05) is 125 Å². The van der Waals surface area contributed by atoms with Gasteiger partial charge in [-0.25, -0.2) is 0 Å². The number of non-ortho nitro benzene ring substituents is 7. The van der Waals surface area contributed by atoms with Crippen molar-refractivity contribution in [1.29, 1.82) is 0 Å². The molecule has 0 aromatic heterocycles. The number of hydrogen-bond acceptors (Lipinski definition) is 27. The number of phenolic OH excluding ortho intramolecular Hbond substituents is 2. The summed E-state index contributed by atoms with van der Waals surface area (Å²) in [6, 6.07) is 19.5. The van der Waals surface area contributed by atoms with E-state index in [2.05, 4.69) is 106 Å². The van der Waals surface area contributed by atoms with E-state index in [1.54, 1.807) is 82.2 Å². The normalized spacial score (nSPS) is 11.9. The lowest BCUT2D eigenvalue weighted by atomic mass is 9.97. The van der Waals surface area contributed by atoms with E-state index in [-0.39, 0.29) is 74.8 Å². The van der Waals surface area contributed by atoms with Crippen LogP contribution in [0.1, 0.15) is 142 Å². The number of phenols is 2. The third-order valence-electron chi connectivity index (χ3n) is 14.7. The van der Waals surface area contributed by atoms with Gasteiger partial charge < -0.3 is 43.9 Å². The van der Waals surface area contributed by atoms with Crippen LogP contribution in [0.2, 0.25) is 0 Å². The van der Waals surface area contributed by atoms with Crippen molar-refractivity contribution in [3.8, 4) is 17.2 Å². The molecule has 0 aliphatic heterocycles. The summed E-state index contributed by atoms with van der Waals surface area (Å²) in [5.41, 5.74) is -1.70. The predicted molar refractivity (Wildman–Crippen MR) is 441 cm³/mol. The Morgan fingerprint density at radius 3 is 1.09 bits per heavy atom. The molecule has 0 bridgehead atoms. The molecule has 0 saturated heterocycles. The average Bonchev–Trinajstić information content (AvgIpc) is 0.804. The maximum Gasteiger partial charge on any atom is 0.534 e. The van der Waals surface area contributed by atoms with Crippen molar-refractivity contribution < 1.29 is 110 Å². The molecule has 0 fully saturated rings. The summed E-state index contributed by atoms with van der Waals surface area (Å²) in [6.45, 7) is 30.5. The summed E-state index contributed by atoms with van der Waals surface area (Å²) in [7, 11) is -5.83. The van der Waals surface area contributed by atoms with Gasteiger partial charge in [0.1, 0.15) is 43.0 Å². The summed E-state index contributed by atoms with van der Waals surface area (Å²) in [4.78, 5) is 93.9. The summed E-state index contributed by atoms with van der Waals surface area (Å²) >= 11 is 18.7. The third-order valence-corrected chi connectivity index (χ3v) is 19.5. The van der Waals surface area contributed by atoms with Crippen LogP contribution in [-0.2, 0) is 33.9 Å². The number of halogens is 9. The number of nitro groups is 7. The van der Waals surface area contributed by atoms with Crippen LogP contribution in [0.15, 0.2) is 124 Å². The fourth-order valence-corrected chi connectivity index (χ4v) is 14.0. The molecule has 0 heterocycles. The second kappa shape index (κ2) is 45.0. The molecule has 5 N–H and O–H groups in total. The number of nitrogens with zero attached hydrogens (tertiary/aromatic N) is 7. The highest BCUT2D eigenvalue weighted by Gasteiger charge is 2.49. The van der Waals surface area contributed by atoms with Gasteiger partial charge in [0.15, 0.2) is 5.75 Å². The van der Waals surface area contributed by atoms with Crippen molar-refractivity contribution in [2.24, 2.45) is 10.8 Å². The van der Waals surface area contributed by atoms with Crippen molar-refractivity contribution in [2.45, 2.75) is 140 Å². The molecule has 634 valence electrons. The lowest BCUT2D eigenvalue weighted by Crippen LogP contribution is -2.30. The number of carbonyl (C=O) groups excluding carboxylic acids is 2. The summed E-state index contributed by atoms with van der Waals surface area (Å²) in [5, 5.41) is 120. The van der Waals surface area contributed by atoms with Crippen LogP contribution in [-0.4, -0.2) is 111 Å². The predicted octanol–water partition coefficient (Wildman–Crippen LogP) is 20.3. The van der Waals surface area contributed by atoms with E-state index < -0.39 is 109 Å². The Morgan fingerprint density at radius 2 is 0.776 bits per heavy atom. The first-order chi connectivity index (χ1) is 52.9. The first-order valence-corrected chi connectivity index (χ1v) is 39.0. The van der Waals surface area contributed by atoms with Gasteiger partial charge in [-0.1, -0.05) is 60.4 Å². The van der Waals surface area contributed by atoms with Crippen LogP contribution >= 0.6 is 95.6 Å². The first kappa shape index (κ1) is 105. The fraction of sp³-hybridized carbons (Fsp3) is 0.361. The molecular weight excluding hydrogens is 1960 g/mol. The Bertz CT molecular complexity index is 4810. The van der Waals surface area contributed by atoms with Gasteiger partial charge in [0.25, 0.3) is 39.8 Å². The minimum absolute atomic E-state index is 0.000278. The van der Waals surface area contributed by atoms with Gasteiger partial charge in [-0.05, 0) is 204 Å². The minimum Gasteiger partial charge on any atom is -0.508 e. The zero-order valence-electron chi connectivity index (χ0n) is 64.5. The third kappa shape index (κ3) is 33.1. The average molecular weight is 2040 g/mol. The molecule has 0 amide bonds. The van der Waals surface area contributed by atoms with E-state index in [9.17, 15) is 117 Å². The molecule has 44 heteroatoms. The SMILES string of the molecule is C=Cc1c(C)cc([N+](=O)[O-])cc1Br.Cc1cc([N+](=O)[O-])cc(Br)c1O.Cc1cc([N+](=O)[O-])cc(Br)c1OS(=O)(=O)C(F)(F)F.Cc1cc([N+](=O)[O-])cc(Br)c1[C@@H](COC(=O)C(C)(C)C)OC(C)(C)C.Cc1cc([N+](=O)[O-])cc(Br)c1[C@H](O)CO.Cc1cc([N+](=O)[O-])cc(Br)c1[C@H](O)COC(=O)C(C)(C)C.Cc1cc([N+](=O)[O-])ccc1O. The van der Waals surface area contributed by atoms with E-state index in [0.29, 0.717) is 61.3 Å². The largest absolute Gasteiger partial charge is 0.534 e. The number of hydrogen-bond donors (Lipinski definition) is 5. The molecule has 7 aromatic rings. The van der Waals surface area contributed by atoms with Gasteiger partial charge in [-0.15, -0.1) is 0 Å². The molecule has 0 aliphatic carbocycles. The molecule has 34 nitrogen and oxygen atoms in total. The number of aliphatic hydroxyl groups excluding tert-OH is 3. The highest BCUT2D eigenvalue weighted by Crippen LogP contribution is 2.40. The molecule has 0 radical (unpaired) electrons. The van der Waals surface area contributed by atoms with Crippen molar-refractivity contribution >= 4 is 164 Å². The van der Waals surface area contributed by atoms with Crippen LogP contribution < -0.4 is 4.18 Å². The number of nitro benzene ring substituents is 7. The Balaban J connectivity index is 0.000000688. The lowest BCUT2D eigenvalue weighted by Gasteiger charge is -2.30. The fourth-order valence-electron chi connectivity index (χ4n) is 9.05. The smallest absolute Gasteiger partial charge is 0.508 e. The zero-order chi connectivity index (χ0) is 90.3. The number of aryl methyl sites for hydroxylation is 7. The van der Waals surface area contributed by atoms with Crippen LogP contribution in [0.3, 0.4) is 0 Å². The van der Waals surface area contributed by atoms with Gasteiger partial charge in [-0.3, -0.25) is 80.4 Å². The maximum atomic E-state index is 12.2. The van der Waals surface area contributed by atoms with Crippen LogP contribution in [0.4, 0.5) is 53.0 Å². The quantitative estimate of drug-likeness (QED) is 0.0165. The topological polar surface area (TPSA) is 508 Å². The number of ether oxygens (including phenoxy) is 3. The van der Waals surface area contributed by atoms with Gasteiger partial charge >= 0.3 is 27.6 Å². The Kier molecular flexibility index (Phi) is 40.7. The number of carbonyl (C=O) groups is 2. The second-order valence-electron chi connectivity index (χ2n) is 27.4. The number of alkyl halides is 3. The highest BCUT2D eigenvalue weighted by atomic mass is 79.9. The van der Waals surface area contributed by atoms with E-state index >= 15 is 0 Å². The van der Waals surface area contributed by atoms with E-state index in [0.717, 1.165) is 28.8 Å². The monoisotopic (exact) mass is 2040 g/mol. The summed E-state index contributed by atoms with van der Waals surface area (Å²) < 4.78 is 80.8. The minimum atomic E-state index is -5.83. The number of benzene rings is 7. The van der Waals surface area contributed by atoms with Crippen molar-refractivity contribution in [1.82, 2.24) is 0 Å². The molecule has 116 heavy (non-hydrogen) atoms. The first-order valence-electron chi connectivity index (χ1n) is 32.8. The molecule has 0 aliphatic rings. The number of esters is 2. The molecule has 0 unspecified atom stereocenters. The maximum absolute atomic E-state index is 12.2. The molecule has 7 aromatic carbocycles. The molecular formula is C72H80Br6F3N7O27S. The Morgan fingerprint density at radius 1 is 0.457 bits per heavy atom. The second-order valence-corrected chi connectivity index (χ2v) is 34.1.